The molecular weight excluding hydrogens is 329 g/mol. The molecule has 4 atom stereocenters. The summed E-state index contributed by atoms with van der Waals surface area (Å²) in [5.41, 5.74) is -0.902. The SMILES string of the molecule is COC[C@H]1C[C@@H](NC(=O)Nc2cccc(C(F)(F)F)c2)[C@H](O)[C@@H]1O. The summed E-state index contributed by atoms with van der Waals surface area (Å²) in [6.45, 7) is 0.228. The fourth-order valence-electron chi connectivity index (χ4n) is 2.76. The highest BCUT2D eigenvalue weighted by atomic mass is 19.4. The molecule has 1 fully saturated rings. The summed E-state index contributed by atoms with van der Waals surface area (Å²) in [5, 5.41) is 24.5. The number of hydrogen-bond acceptors (Lipinski definition) is 4. The number of carbonyl (C=O) groups is 1. The van der Waals surface area contributed by atoms with Crippen molar-refractivity contribution in [1.29, 1.82) is 0 Å². The molecule has 24 heavy (non-hydrogen) atoms. The molecule has 0 heterocycles. The summed E-state index contributed by atoms with van der Waals surface area (Å²) >= 11 is 0. The van der Waals surface area contributed by atoms with Gasteiger partial charge in [-0.05, 0) is 24.6 Å². The minimum atomic E-state index is -4.51. The Balaban J connectivity index is 1.96. The average molecular weight is 348 g/mol. The Morgan fingerprint density at radius 1 is 1.33 bits per heavy atom. The molecule has 0 radical (unpaired) electrons. The van der Waals surface area contributed by atoms with Crippen LogP contribution in [0.1, 0.15) is 12.0 Å². The van der Waals surface area contributed by atoms with Crippen molar-refractivity contribution in [2.24, 2.45) is 5.92 Å². The lowest BCUT2D eigenvalue weighted by Crippen LogP contribution is -2.44. The number of carbonyl (C=O) groups excluding carboxylic acids is 1. The number of ether oxygens (including phenoxy) is 1. The van der Waals surface area contributed by atoms with E-state index in [0.29, 0.717) is 6.42 Å². The summed E-state index contributed by atoms with van der Waals surface area (Å²) in [5.74, 6) is -0.330. The van der Waals surface area contributed by atoms with Gasteiger partial charge in [-0.3, -0.25) is 0 Å². The topological polar surface area (TPSA) is 90.8 Å². The van der Waals surface area contributed by atoms with E-state index in [1.165, 1.54) is 19.2 Å². The van der Waals surface area contributed by atoms with Crippen LogP contribution in [0.2, 0.25) is 0 Å². The van der Waals surface area contributed by atoms with Crippen LogP contribution < -0.4 is 10.6 Å². The zero-order chi connectivity index (χ0) is 17.9. The van der Waals surface area contributed by atoms with E-state index in [2.05, 4.69) is 10.6 Å². The fraction of sp³-hybridized carbons (Fsp3) is 0.533. The molecule has 0 bridgehead atoms. The minimum Gasteiger partial charge on any atom is -0.390 e. The number of amides is 2. The van der Waals surface area contributed by atoms with Gasteiger partial charge in [0, 0.05) is 18.7 Å². The van der Waals surface area contributed by atoms with E-state index in [-0.39, 0.29) is 18.2 Å². The zero-order valence-corrected chi connectivity index (χ0v) is 12.9. The smallest absolute Gasteiger partial charge is 0.390 e. The summed E-state index contributed by atoms with van der Waals surface area (Å²) in [6.07, 6.45) is -6.42. The molecule has 6 nitrogen and oxygen atoms in total. The van der Waals surface area contributed by atoms with Crippen LogP contribution in [0.4, 0.5) is 23.7 Å². The maximum Gasteiger partial charge on any atom is 0.416 e. The van der Waals surface area contributed by atoms with Gasteiger partial charge in [-0.2, -0.15) is 13.2 Å². The lowest BCUT2D eigenvalue weighted by Gasteiger charge is -2.18. The van der Waals surface area contributed by atoms with E-state index in [1.807, 2.05) is 0 Å². The predicted octanol–water partition coefficient (Wildman–Crippen LogP) is 1.58. The number of hydrogen-bond donors (Lipinski definition) is 4. The van der Waals surface area contributed by atoms with Crippen LogP contribution >= 0.6 is 0 Å². The first-order valence-electron chi connectivity index (χ1n) is 7.32. The third-order valence-corrected chi connectivity index (χ3v) is 3.95. The Hall–Kier alpha value is -1.84. The molecule has 1 saturated carbocycles. The standard InChI is InChI=1S/C15H19F3N2O4/c1-24-7-8-5-11(13(22)12(8)21)20-14(23)19-10-4-2-3-9(6-10)15(16,17)18/h2-4,6,8,11-13,21-22H,5,7H2,1H3,(H2,19,20,23)/t8-,11-,12-,13+/m1/s1. The van der Waals surface area contributed by atoms with E-state index in [0.717, 1.165) is 12.1 Å². The number of alkyl halides is 3. The molecule has 1 aromatic carbocycles. The van der Waals surface area contributed by atoms with E-state index < -0.39 is 36.0 Å². The molecule has 0 unspecified atom stereocenters. The van der Waals surface area contributed by atoms with Crippen molar-refractivity contribution in [2.75, 3.05) is 19.0 Å². The van der Waals surface area contributed by atoms with Crippen molar-refractivity contribution < 1.29 is 32.9 Å². The van der Waals surface area contributed by atoms with Gasteiger partial charge in [-0.15, -0.1) is 0 Å². The number of anilines is 1. The highest BCUT2D eigenvalue weighted by Gasteiger charge is 2.42. The number of aliphatic hydroxyl groups excluding tert-OH is 2. The second-order valence-corrected chi connectivity index (χ2v) is 5.72. The molecule has 2 rings (SSSR count). The minimum absolute atomic E-state index is 0.0243. The first kappa shape index (κ1) is 18.5. The van der Waals surface area contributed by atoms with Crippen molar-refractivity contribution in [3.05, 3.63) is 29.8 Å². The normalized spacial score (nSPS) is 27.1. The molecule has 1 aliphatic rings. The second kappa shape index (κ2) is 7.37. The number of aliphatic hydroxyl groups is 2. The van der Waals surface area contributed by atoms with Crippen LogP contribution in [-0.4, -0.2) is 48.2 Å². The molecule has 2 amide bonds. The Kier molecular flexibility index (Phi) is 5.68. The maximum absolute atomic E-state index is 12.6. The predicted molar refractivity (Wildman–Crippen MR) is 79.4 cm³/mol. The molecule has 0 spiro atoms. The number of nitrogens with one attached hydrogen (secondary N) is 2. The quantitative estimate of drug-likeness (QED) is 0.665. The Morgan fingerprint density at radius 3 is 2.67 bits per heavy atom. The van der Waals surface area contributed by atoms with E-state index in [1.54, 1.807) is 0 Å². The number of halogens is 3. The van der Waals surface area contributed by atoms with Gasteiger partial charge in [-0.1, -0.05) is 6.07 Å². The van der Waals surface area contributed by atoms with Gasteiger partial charge in [0.05, 0.1) is 24.3 Å². The Morgan fingerprint density at radius 2 is 2.04 bits per heavy atom. The summed E-state index contributed by atoms with van der Waals surface area (Å²) in [4.78, 5) is 11.9. The van der Waals surface area contributed by atoms with Crippen molar-refractivity contribution >= 4 is 11.7 Å². The van der Waals surface area contributed by atoms with Crippen LogP contribution in [0.15, 0.2) is 24.3 Å². The fourth-order valence-corrected chi connectivity index (χ4v) is 2.76. The number of urea groups is 1. The van der Waals surface area contributed by atoms with Gasteiger partial charge in [0.2, 0.25) is 0 Å². The first-order chi connectivity index (χ1) is 11.2. The molecule has 4 N–H and O–H groups in total. The molecule has 0 aromatic heterocycles. The number of benzene rings is 1. The van der Waals surface area contributed by atoms with Crippen LogP contribution in [-0.2, 0) is 10.9 Å². The Bertz CT molecular complexity index is 582. The average Bonchev–Trinajstić information content (AvgIpc) is 2.75. The molecule has 1 aromatic rings. The van der Waals surface area contributed by atoms with Gasteiger partial charge < -0.3 is 25.6 Å². The van der Waals surface area contributed by atoms with Gasteiger partial charge in [0.25, 0.3) is 0 Å². The second-order valence-electron chi connectivity index (χ2n) is 5.72. The van der Waals surface area contributed by atoms with Crippen LogP contribution in [0.25, 0.3) is 0 Å². The van der Waals surface area contributed by atoms with Gasteiger partial charge in [0.15, 0.2) is 0 Å². The first-order valence-corrected chi connectivity index (χ1v) is 7.32. The van der Waals surface area contributed by atoms with Crippen LogP contribution in [0, 0.1) is 5.92 Å². The summed E-state index contributed by atoms with van der Waals surface area (Å²) in [7, 11) is 1.46. The van der Waals surface area contributed by atoms with Crippen molar-refractivity contribution in [2.45, 2.75) is 30.8 Å². The Labute approximate surface area is 136 Å². The third-order valence-electron chi connectivity index (χ3n) is 3.95. The van der Waals surface area contributed by atoms with Gasteiger partial charge in [-0.25, -0.2) is 4.79 Å². The summed E-state index contributed by atoms with van der Waals surface area (Å²) in [6, 6.07) is 2.74. The third kappa shape index (κ3) is 4.37. The summed E-state index contributed by atoms with van der Waals surface area (Å²) < 4.78 is 42.9. The molecule has 9 heteroatoms. The monoisotopic (exact) mass is 348 g/mol. The largest absolute Gasteiger partial charge is 0.416 e. The molecule has 134 valence electrons. The molecule has 0 saturated heterocycles. The van der Waals surface area contributed by atoms with E-state index in [4.69, 9.17) is 4.74 Å². The molecule has 1 aliphatic carbocycles. The highest BCUT2D eigenvalue weighted by molar-refractivity contribution is 5.89. The molecule has 0 aliphatic heterocycles. The highest BCUT2D eigenvalue weighted by Crippen LogP contribution is 2.31. The number of methoxy groups -OCH3 is 1. The zero-order valence-electron chi connectivity index (χ0n) is 12.9. The molecular formula is C15H19F3N2O4. The lowest BCUT2D eigenvalue weighted by molar-refractivity contribution is -0.137. The van der Waals surface area contributed by atoms with Crippen molar-refractivity contribution in [1.82, 2.24) is 5.32 Å². The number of rotatable bonds is 4. The van der Waals surface area contributed by atoms with Crippen LogP contribution in [0.3, 0.4) is 0 Å². The van der Waals surface area contributed by atoms with Crippen molar-refractivity contribution in [3.63, 3.8) is 0 Å². The lowest BCUT2D eigenvalue weighted by atomic mass is 10.1. The maximum atomic E-state index is 12.6. The van der Waals surface area contributed by atoms with Crippen LogP contribution in [0.5, 0.6) is 0 Å². The van der Waals surface area contributed by atoms with Crippen molar-refractivity contribution in [3.8, 4) is 0 Å². The van der Waals surface area contributed by atoms with Gasteiger partial charge >= 0.3 is 12.2 Å². The van der Waals surface area contributed by atoms with E-state index >= 15 is 0 Å². The van der Waals surface area contributed by atoms with E-state index in [9.17, 15) is 28.2 Å². The van der Waals surface area contributed by atoms with Gasteiger partial charge in [0.1, 0.15) is 6.10 Å².